The van der Waals surface area contributed by atoms with Crippen molar-refractivity contribution in [2.45, 2.75) is 93.3 Å². The molecule has 1 N–H and O–H groups in total. The second-order valence-corrected chi connectivity index (χ2v) is 9.54. The highest BCUT2D eigenvalue weighted by molar-refractivity contribution is 7.92. The van der Waals surface area contributed by atoms with E-state index >= 15 is 0 Å². The highest BCUT2D eigenvalue weighted by Gasteiger charge is 2.33. The van der Waals surface area contributed by atoms with Crippen molar-refractivity contribution >= 4 is 15.6 Å². The normalized spacial score (nSPS) is 25.2. The lowest BCUT2D eigenvalue weighted by Crippen LogP contribution is -2.31. The summed E-state index contributed by atoms with van der Waals surface area (Å²) in [7, 11) is -3.71. The Morgan fingerprint density at radius 1 is 0.769 bits per heavy atom. The third kappa shape index (κ3) is 6.51. The minimum atomic E-state index is -3.71. The number of rotatable bonds is 2. The highest BCUT2D eigenvalue weighted by atomic mass is 32.2. The van der Waals surface area contributed by atoms with Crippen LogP contribution in [0, 0.1) is 0 Å². The van der Waals surface area contributed by atoms with Crippen molar-refractivity contribution in [3.8, 4) is 0 Å². The first kappa shape index (κ1) is 21.1. The highest BCUT2D eigenvalue weighted by Crippen LogP contribution is 2.24. The molecule has 0 saturated heterocycles. The molecule has 0 aliphatic heterocycles. The Bertz CT molecular complexity index is 639. The molecule has 0 heterocycles. The molecule has 2 rings (SSSR count). The zero-order valence-electron chi connectivity index (χ0n) is 15.6. The Morgan fingerprint density at radius 2 is 1.35 bits per heavy atom. The van der Waals surface area contributed by atoms with E-state index in [4.69, 9.17) is 0 Å². The molecule has 26 heavy (non-hydrogen) atoms. The minimum absolute atomic E-state index is 0.198. The topological polar surface area (TPSA) is 71.4 Å². The summed E-state index contributed by atoms with van der Waals surface area (Å²) in [5.41, 5.74) is 0. The summed E-state index contributed by atoms with van der Waals surface area (Å²) in [6, 6.07) is 8.22. The van der Waals surface area contributed by atoms with Gasteiger partial charge in [0, 0.05) is 6.42 Å². The number of Topliss-reactive ketones (excluding diaryl/α,β-unsaturated/α-hetero) is 1. The molecule has 1 fully saturated rings. The number of sulfone groups is 1. The zero-order chi connectivity index (χ0) is 18.8. The maximum Gasteiger partial charge on any atom is 0.188 e. The Morgan fingerprint density at radius 3 is 2.00 bits per heavy atom. The Hall–Kier alpha value is -1.20. The average Bonchev–Trinajstić information content (AvgIpc) is 2.64. The molecule has 1 aromatic carbocycles. The molecule has 146 valence electrons. The van der Waals surface area contributed by atoms with Crippen LogP contribution in [0.3, 0.4) is 0 Å². The van der Waals surface area contributed by atoms with Gasteiger partial charge >= 0.3 is 0 Å². The third-order valence-electron chi connectivity index (χ3n) is 5.28. The van der Waals surface area contributed by atoms with Gasteiger partial charge in [0.25, 0.3) is 0 Å². The summed E-state index contributed by atoms with van der Waals surface area (Å²) in [5.74, 6) is -0.198. The van der Waals surface area contributed by atoms with E-state index in [0.717, 1.165) is 32.1 Å². The van der Waals surface area contributed by atoms with Crippen molar-refractivity contribution in [3.05, 3.63) is 30.3 Å². The van der Waals surface area contributed by atoms with Gasteiger partial charge in [-0.15, -0.1) is 0 Å². The molecular weight excluding hydrogens is 348 g/mol. The van der Waals surface area contributed by atoms with E-state index in [-0.39, 0.29) is 17.1 Å². The van der Waals surface area contributed by atoms with Gasteiger partial charge in [0.15, 0.2) is 15.6 Å². The fraction of sp³-hybridized carbons (Fsp3) is 0.667. The van der Waals surface area contributed by atoms with Crippen LogP contribution in [0.4, 0.5) is 0 Å². The first-order valence-corrected chi connectivity index (χ1v) is 11.6. The molecule has 1 saturated carbocycles. The first-order chi connectivity index (χ1) is 12.5. The standard InChI is InChI=1S/C21H32O4S/c22-18-12-8-5-3-1-2-4-6-11-15-20(23)21(17-16-18)26(24,25)19-13-9-7-10-14-19/h7,9-10,13-14,18,21-22H,1-6,8,11-12,15-17H2. The quantitative estimate of drug-likeness (QED) is 0.822. The van der Waals surface area contributed by atoms with Crippen molar-refractivity contribution < 1.29 is 18.3 Å². The van der Waals surface area contributed by atoms with E-state index in [1.165, 1.54) is 19.3 Å². The molecule has 1 aliphatic carbocycles. The molecule has 4 nitrogen and oxygen atoms in total. The Balaban J connectivity index is 2.14. The van der Waals surface area contributed by atoms with Gasteiger partial charge in [0.1, 0.15) is 5.25 Å². The van der Waals surface area contributed by atoms with Crippen LogP contribution in [0.25, 0.3) is 0 Å². The van der Waals surface area contributed by atoms with Gasteiger partial charge in [-0.05, 0) is 37.8 Å². The van der Waals surface area contributed by atoms with Crippen LogP contribution in [-0.4, -0.2) is 30.7 Å². The molecule has 0 aromatic heterocycles. The van der Waals surface area contributed by atoms with Crippen LogP contribution < -0.4 is 0 Å². The van der Waals surface area contributed by atoms with Gasteiger partial charge in [0.05, 0.1) is 11.0 Å². The monoisotopic (exact) mass is 380 g/mol. The summed E-state index contributed by atoms with van der Waals surface area (Å²) in [6.07, 6.45) is 9.52. The van der Waals surface area contributed by atoms with E-state index in [9.17, 15) is 18.3 Å². The Kier molecular flexibility index (Phi) is 8.79. The minimum Gasteiger partial charge on any atom is -0.393 e. The zero-order valence-corrected chi connectivity index (χ0v) is 16.4. The van der Waals surface area contributed by atoms with Gasteiger partial charge < -0.3 is 5.11 Å². The number of aliphatic hydroxyl groups excluding tert-OH is 1. The first-order valence-electron chi connectivity index (χ1n) is 10.0. The summed E-state index contributed by atoms with van der Waals surface area (Å²) < 4.78 is 26.0. The van der Waals surface area contributed by atoms with Gasteiger partial charge in [-0.3, -0.25) is 4.79 Å². The molecule has 2 atom stereocenters. The molecule has 1 aromatic rings. The number of ketones is 1. The van der Waals surface area contributed by atoms with Gasteiger partial charge in [-0.2, -0.15) is 0 Å². The molecule has 2 unspecified atom stereocenters. The summed E-state index contributed by atoms with van der Waals surface area (Å²) >= 11 is 0. The fourth-order valence-corrected chi connectivity index (χ4v) is 5.43. The predicted molar refractivity (Wildman–Crippen MR) is 104 cm³/mol. The summed E-state index contributed by atoms with van der Waals surface area (Å²) in [6.45, 7) is 0. The number of benzene rings is 1. The molecule has 0 bridgehead atoms. The lowest BCUT2D eigenvalue weighted by atomic mass is 10.0. The molecule has 1 aliphatic rings. The lowest BCUT2D eigenvalue weighted by molar-refractivity contribution is -0.119. The lowest BCUT2D eigenvalue weighted by Gasteiger charge is -2.19. The van der Waals surface area contributed by atoms with E-state index in [1.807, 2.05) is 0 Å². The summed E-state index contributed by atoms with van der Waals surface area (Å²) in [5, 5.41) is 9.17. The smallest absolute Gasteiger partial charge is 0.188 e. The van der Waals surface area contributed by atoms with Crippen LogP contribution in [-0.2, 0) is 14.6 Å². The van der Waals surface area contributed by atoms with Gasteiger partial charge in [0.2, 0.25) is 0 Å². The van der Waals surface area contributed by atoms with Crippen LogP contribution in [0.2, 0.25) is 0 Å². The summed E-state index contributed by atoms with van der Waals surface area (Å²) in [4.78, 5) is 12.9. The molecule has 0 radical (unpaired) electrons. The van der Waals surface area contributed by atoms with Gasteiger partial charge in [-0.1, -0.05) is 63.1 Å². The van der Waals surface area contributed by atoms with E-state index in [2.05, 4.69) is 0 Å². The number of hydrogen-bond donors (Lipinski definition) is 1. The number of carbonyl (C=O) groups is 1. The van der Waals surface area contributed by atoms with Crippen LogP contribution in [0.15, 0.2) is 35.2 Å². The predicted octanol–water partition coefficient (Wildman–Crippen LogP) is 4.45. The van der Waals surface area contributed by atoms with Crippen LogP contribution in [0.5, 0.6) is 0 Å². The van der Waals surface area contributed by atoms with E-state index in [1.54, 1.807) is 30.3 Å². The van der Waals surface area contributed by atoms with Crippen LogP contribution >= 0.6 is 0 Å². The Labute approximate surface area is 157 Å². The number of hydrogen-bond acceptors (Lipinski definition) is 4. The number of aliphatic hydroxyl groups is 1. The maximum atomic E-state index is 13.0. The van der Waals surface area contributed by atoms with E-state index < -0.39 is 21.2 Å². The van der Waals surface area contributed by atoms with Crippen LogP contribution in [0.1, 0.15) is 77.0 Å². The van der Waals surface area contributed by atoms with E-state index in [0.29, 0.717) is 19.3 Å². The fourth-order valence-electron chi connectivity index (χ4n) is 3.65. The SMILES string of the molecule is O=C1CCCCCCCCCCC(O)CCC1S(=O)(=O)c1ccccc1. The largest absolute Gasteiger partial charge is 0.393 e. The van der Waals surface area contributed by atoms with Crippen molar-refractivity contribution in [1.29, 1.82) is 0 Å². The molecule has 0 spiro atoms. The van der Waals surface area contributed by atoms with Crippen molar-refractivity contribution in [2.75, 3.05) is 0 Å². The van der Waals surface area contributed by atoms with Crippen molar-refractivity contribution in [2.24, 2.45) is 0 Å². The second kappa shape index (κ2) is 10.8. The van der Waals surface area contributed by atoms with Crippen molar-refractivity contribution in [3.63, 3.8) is 0 Å². The molecular formula is C21H32O4S. The molecule has 0 amide bonds. The van der Waals surface area contributed by atoms with Gasteiger partial charge in [-0.25, -0.2) is 8.42 Å². The molecule has 5 heteroatoms. The maximum absolute atomic E-state index is 13.0. The second-order valence-electron chi connectivity index (χ2n) is 7.41. The number of carbonyl (C=O) groups excluding carboxylic acids is 1. The van der Waals surface area contributed by atoms with Crippen molar-refractivity contribution in [1.82, 2.24) is 0 Å². The average molecular weight is 381 g/mol. The third-order valence-corrected chi connectivity index (χ3v) is 7.45.